The highest BCUT2D eigenvalue weighted by Crippen LogP contribution is 2.28. The molecule has 17 heavy (non-hydrogen) atoms. The average Bonchev–Trinajstić information content (AvgIpc) is 2.79. The van der Waals surface area contributed by atoms with E-state index in [0.29, 0.717) is 0 Å². The van der Waals surface area contributed by atoms with E-state index in [-0.39, 0.29) is 6.04 Å². The van der Waals surface area contributed by atoms with Gasteiger partial charge in [-0.25, -0.2) is 4.98 Å². The Kier molecular flexibility index (Phi) is 3.59. The second-order valence-electron chi connectivity index (χ2n) is 3.86. The number of benzene rings is 1. The first-order valence-electron chi connectivity index (χ1n) is 5.43. The summed E-state index contributed by atoms with van der Waals surface area (Å²) in [5, 5.41) is 4.81. The highest BCUT2D eigenvalue weighted by Gasteiger charge is 2.17. The van der Waals surface area contributed by atoms with Crippen LogP contribution in [0.2, 0.25) is 0 Å². The van der Waals surface area contributed by atoms with Gasteiger partial charge in [0.2, 0.25) is 0 Å². The van der Waals surface area contributed by atoms with Crippen LogP contribution in [0.3, 0.4) is 0 Å². The molecular formula is C12H15N3S2. The van der Waals surface area contributed by atoms with E-state index in [1.165, 1.54) is 4.70 Å². The van der Waals surface area contributed by atoms with Crippen LogP contribution in [0.15, 0.2) is 24.3 Å². The van der Waals surface area contributed by atoms with E-state index in [0.717, 1.165) is 15.6 Å². The van der Waals surface area contributed by atoms with Crippen molar-refractivity contribution < 1.29 is 0 Å². The number of nitrogens with zero attached hydrogens (tertiary/aromatic N) is 2. The number of thiocarbonyl (C=S) groups is 1. The zero-order valence-corrected chi connectivity index (χ0v) is 11.7. The summed E-state index contributed by atoms with van der Waals surface area (Å²) in [6, 6.07) is 8.38. The Morgan fingerprint density at radius 1 is 1.47 bits per heavy atom. The summed E-state index contributed by atoms with van der Waals surface area (Å²) in [6.07, 6.45) is 0. The van der Waals surface area contributed by atoms with Gasteiger partial charge in [-0.2, -0.15) is 0 Å². The molecule has 0 aliphatic rings. The molecule has 90 valence electrons. The maximum Gasteiger partial charge on any atom is 0.169 e. The second kappa shape index (κ2) is 4.98. The first-order chi connectivity index (χ1) is 8.13. The Labute approximate surface area is 110 Å². The summed E-state index contributed by atoms with van der Waals surface area (Å²) in [5.41, 5.74) is 1.06. The van der Waals surface area contributed by atoms with Crippen LogP contribution in [-0.4, -0.2) is 29.1 Å². The van der Waals surface area contributed by atoms with Gasteiger partial charge in [0.1, 0.15) is 5.01 Å². The molecule has 2 rings (SSSR count). The Hall–Kier alpha value is -1.20. The SMILES string of the molecule is CNC(=S)N(C)[C@@H](C)c1nc2ccccc2s1. The molecule has 0 bridgehead atoms. The zero-order chi connectivity index (χ0) is 12.4. The molecular weight excluding hydrogens is 250 g/mol. The van der Waals surface area contributed by atoms with Crippen molar-refractivity contribution in [3.63, 3.8) is 0 Å². The summed E-state index contributed by atoms with van der Waals surface area (Å²) >= 11 is 6.95. The van der Waals surface area contributed by atoms with Crippen LogP contribution in [0.1, 0.15) is 18.0 Å². The Balaban J connectivity index is 2.30. The van der Waals surface area contributed by atoms with Crippen molar-refractivity contribution in [1.29, 1.82) is 0 Å². The molecule has 5 heteroatoms. The van der Waals surface area contributed by atoms with E-state index < -0.39 is 0 Å². The Morgan fingerprint density at radius 3 is 2.82 bits per heavy atom. The number of nitrogens with one attached hydrogen (secondary N) is 1. The van der Waals surface area contributed by atoms with Gasteiger partial charge in [0.05, 0.1) is 16.3 Å². The van der Waals surface area contributed by atoms with Crippen molar-refractivity contribution in [2.24, 2.45) is 0 Å². The first-order valence-corrected chi connectivity index (χ1v) is 6.66. The van der Waals surface area contributed by atoms with E-state index in [4.69, 9.17) is 12.2 Å². The predicted octanol–water partition coefficient (Wildman–Crippen LogP) is 2.79. The minimum atomic E-state index is 0.187. The maximum absolute atomic E-state index is 5.23. The second-order valence-corrected chi connectivity index (χ2v) is 5.31. The van der Waals surface area contributed by atoms with Crippen molar-refractivity contribution in [1.82, 2.24) is 15.2 Å². The smallest absolute Gasteiger partial charge is 0.169 e. The standard InChI is InChI=1S/C12H15N3S2/c1-8(15(3)12(16)13-2)11-14-9-6-4-5-7-10(9)17-11/h4-8H,1-3H3,(H,13,16)/t8-/m0/s1. The number of hydrogen-bond acceptors (Lipinski definition) is 3. The number of aromatic nitrogens is 1. The van der Waals surface area contributed by atoms with Crippen LogP contribution < -0.4 is 5.32 Å². The van der Waals surface area contributed by atoms with Crippen LogP contribution >= 0.6 is 23.6 Å². The lowest BCUT2D eigenvalue weighted by Gasteiger charge is -2.25. The van der Waals surface area contributed by atoms with Crippen LogP contribution in [0.4, 0.5) is 0 Å². The summed E-state index contributed by atoms with van der Waals surface area (Å²) in [4.78, 5) is 6.66. The lowest BCUT2D eigenvalue weighted by Crippen LogP contribution is -2.36. The number of fused-ring (bicyclic) bond motifs is 1. The molecule has 1 N–H and O–H groups in total. The van der Waals surface area contributed by atoms with Gasteiger partial charge in [-0.3, -0.25) is 0 Å². The molecule has 0 unspecified atom stereocenters. The van der Waals surface area contributed by atoms with Gasteiger partial charge in [0.25, 0.3) is 0 Å². The van der Waals surface area contributed by atoms with Crippen molar-refractivity contribution in [3.8, 4) is 0 Å². The van der Waals surface area contributed by atoms with Crippen molar-refractivity contribution in [3.05, 3.63) is 29.3 Å². The molecule has 0 aliphatic carbocycles. The molecule has 1 atom stereocenters. The maximum atomic E-state index is 5.23. The molecule has 1 aromatic heterocycles. The first kappa shape index (κ1) is 12.3. The van der Waals surface area contributed by atoms with Crippen molar-refractivity contribution in [2.75, 3.05) is 14.1 Å². The van der Waals surface area contributed by atoms with Crippen LogP contribution in [0.5, 0.6) is 0 Å². The third-order valence-electron chi connectivity index (χ3n) is 2.78. The Morgan fingerprint density at radius 2 is 2.18 bits per heavy atom. The highest BCUT2D eigenvalue weighted by atomic mass is 32.1. The van der Waals surface area contributed by atoms with Crippen LogP contribution in [0.25, 0.3) is 10.2 Å². The molecule has 1 aromatic carbocycles. The zero-order valence-electron chi connectivity index (χ0n) is 10.1. The number of hydrogen-bond donors (Lipinski definition) is 1. The van der Waals surface area contributed by atoms with Crippen molar-refractivity contribution >= 4 is 38.9 Å². The summed E-state index contributed by atoms with van der Waals surface area (Å²) < 4.78 is 1.22. The number of thiazole rings is 1. The molecule has 0 fully saturated rings. The molecule has 0 amide bonds. The molecule has 1 heterocycles. The van der Waals surface area contributed by atoms with Crippen LogP contribution in [-0.2, 0) is 0 Å². The molecule has 0 saturated carbocycles. The van der Waals surface area contributed by atoms with E-state index in [1.807, 2.05) is 37.2 Å². The largest absolute Gasteiger partial charge is 0.366 e. The van der Waals surface area contributed by atoms with Gasteiger partial charge < -0.3 is 10.2 Å². The average molecular weight is 265 g/mol. The van der Waals surface area contributed by atoms with Crippen molar-refractivity contribution in [2.45, 2.75) is 13.0 Å². The molecule has 0 radical (unpaired) electrons. The van der Waals surface area contributed by atoms with Gasteiger partial charge in [-0.15, -0.1) is 11.3 Å². The van der Waals surface area contributed by atoms with Gasteiger partial charge in [0, 0.05) is 14.1 Å². The number of rotatable bonds is 2. The normalized spacial score (nSPS) is 12.4. The quantitative estimate of drug-likeness (QED) is 0.845. The Bertz CT molecular complexity index is 502. The van der Waals surface area contributed by atoms with E-state index in [1.54, 1.807) is 11.3 Å². The minimum absolute atomic E-state index is 0.187. The summed E-state index contributed by atoms with van der Waals surface area (Å²) in [5.74, 6) is 0. The third-order valence-corrected chi connectivity index (χ3v) is 4.48. The summed E-state index contributed by atoms with van der Waals surface area (Å²) in [7, 11) is 3.82. The van der Waals surface area contributed by atoms with Crippen LogP contribution in [0, 0.1) is 0 Å². The fourth-order valence-electron chi connectivity index (χ4n) is 1.59. The molecule has 0 spiro atoms. The van der Waals surface area contributed by atoms with E-state index >= 15 is 0 Å². The fraction of sp³-hybridized carbons (Fsp3) is 0.333. The van der Waals surface area contributed by atoms with Gasteiger partial charge >= 0.3 is 0 Å². The topological polar surface area (TPSA) is 28.2 Å². The van der Waals surface area contributed by atoms with Gasteiger partial charge in [-0.05, 0) is 31.3 Å². The molecule has 0 saturated heterocycles. The molecule has 3 nitrogen and oxygen atoms in total. The highest BCUT2D eigenvalue weighted by molar-refractivity contribution is 7.80. The predicted molar refractivity (Wildman–Crippen MR) is 77.5 cm³/mol. The fourth-order valence-corrected chi connectivity index (χ4v) is 2.81. The van der Waals surface area contributed by atoms with E-state index in [2.05, 4.69) is 23.3 Å². The van der Waals surface area contributed by atoms with Gasteiger partial charge in [-0.1, -0.05) is 12.1 Å². The number of para-hydroxylation sites is 1. The monoisotopic (exact) mass is 265 g/mol. The minimum Gasteiger partial charge on any atom is -0.366 e. The van der Waals surface area contributed by atoms with E-state index in [9.17, 15) is 0 Å². The third kappa shape index (κ3) is 2.40. The molecule has 0 aliphatic heterocycles. The molecule has 2 aromatic rings. The summed E-state index contributed by atoms with van der Waals surface area (Å²) in [6.45, 7) is 2.11. The lowest BCUT2D eigenvalue weighted by molar-refractivity contribution is 0.398. The van der Waals surface area contributed by atoms with Gasteiger partial charge in [0.15, 0.2) is 5.11 Å². The lowest BCUT2D eigenvalue weighted by atomic mass is 10.3.